The number of likely N-dealkylation sites (tertiary alicyclic amines) is 1. The van der Waals surface area contributed by atoms with Crippen molar-refractivity contribution in [3.63, 3.8) is 0 Å². The molecule has 1 aliphatic rings. The van der Waals surface area contributed by atoms with Crippen molar-refractivity contribution >= 4 is 29.1 Å². The van der Waals surface area contributed by atoms with E-state index >= 15 is 0 Å². The molecule has 18 heavy (non-hydrogen) atoms. The highest BCUT2D eigenvalue weighted by Gasteiger charge is 2.17. The van der Waals surface area contributed by atoms with Gasteiger partial charge in [-0.3, -0.25) is 4.79 Å². The number of phenolic OH excluding ortho intramolecular Hbond substituents is 1. The molecule has 0 spiro atoms. The van der Waals surface area contributed by atoms with Gasteiger partial charge < -0.3 is 10.0 Å². The van der Waals surface area contributed by atoms with Crippen LogP contribution in [0.15, 0.2) is 12.1 Å². The molecule has 0 radical (unpaired) electrons. The minimum atomic E-state index is -0.132. The van der Waals surface area contributed by atoms with Gasteiger partial charge in [0.2, 0.25) is 5.91 Å². The monoisotopic (exact) mass is 287 g/mol. The van der Waals surface area contributed by atoms with Crippen molar-refractivity contribution in [1.29, 1.82) is 0 Å². The number of hydrogen-bond donors (Lipinski definition) is 1. The Hall–Kier alpha value is -0.930. The molecule has 3 nitrogen and oxygen atoms in total. The van der Waals surface area contributed by atoms with Gasteiger partial charge >= 0.3 is 0 Å². The van der Waals surface area contributed by atoms with Crippen LogP contribution in [0.5, 0.6) is 5.75 Å². The summed E-state index contributed by atoms with van der Waals surface area (Å²) in [4.78, 5) is 13.9. The van der Waals surface area contributed by atoms with E-state index in [-0.39, 0.29) is 28.1 Å². The third-order valence-corrected chi connectivity index (χ3v) is 3.72. The van der Waals surface area contributed by atoms with Crippen LogP contribution in [0.4, 0.5) is 0 Å². The van der Waals surface area contributed by atoms with Crippen LogP contribution in [0, 0.1) is 0 Å². The molecule has 1 N–H and O–H groups in total. The van der Waals surface area contributed by atoms with Gasteiger partial charge in [-0.15, -0.1) is 0 Å². The van der Waals surface area contributed by atoms with Crippen LogP contribution in [-0.4, -0.2) is 29.0 Å². The second-order valence-electron chi connectivity index (χ2n) is 4.53. The summed E-state index contributed by atoms with van der Waals surface area (Å²) in [5.41, 5.74) is 0.735. The van der Waals surface area contributed by atoms with Gasteiger partial charge in [0.1, 0.15) is 0 Å². The first kappa shape index (κ1) is 13.5. The number of rotatable bonds is 2. The van der Waals surface area contributed by atoms with Crippen molar-refractivity contribution in [2.45, 2.75) is 25.7 Å². The summed E-state index contributed by atoms with van der Waals surface area (Å²) in [7, 11) is 0. The lowest BCUT2D eigenvalue weighted by atomic mass is 10.1. The standard InChI is InChI=1S/C13H15Cl2NO2/c14-10-6-9(7-11(15)13(10)18)8-12(17)16-4-2-1-3-5-16/h6-7,18H,1-5,8H2. The summed E-state index contributed by atoms with van der Waals surface area (Å²) in [6.45, 7) is 1.66. The van der Waals surface area contributed by atoms with Gasteiger partial charge in [0.05, 0.1) is 16.5 Å². The number of piperidine rings is 1. The lowest BCUT2D eigenvalue weighted by Gasteiger charge is -2.26. The van der Waals surface area contributed by atoms with Crippen LogP contribution in [0.25, 0.3) is 0 Å². The number of amides is 1. The number of aromatic hydroxyl groups is 1. The minimum Gasteiger partial charge on any atom is -0.505 e. The molecule has 1 heterocycles. The Morgan fingerprint density at radius 3 is 2.28 bits per heavy atom. The fourth-order valence-electron chi connectivity index (χ4n) is 2.15. The highest BCUT2D eigenvalue weighted by Crippen LogP contribution is 2.32. The van der Waals surface area contributed by atoms with Gasteiger partial charge in [-0.05, 0) is 37.0 Å². The number of nitrogens with zero attached hydrogens (tertiary/aromatic N) is 1. The van der Waals surface area contributed by atoms with Crippen molar-refractivity contribution < 1.29 is 9.90 Å². The summed E-state index contributed by atoms with van der Waals surface area (Å²) in [5, 5.41) is 9.82. The Balaban J connectivity index is 2.06. The topological polar surface area (TPSA) is 40.5 Å². The van der Waals surface area contributed by atoms with Crippen molar-refractivity contribution in [2.24, 2.45) is 0 Å². The zero-order valence-electron chi connectivity index (χ0n) is 9.96. The van der Waals surface area contributed by atoms with Crippen LogP contribution in [0.2, 0.25) is 10.0 Å². The highest BCUT2D eigenvalue weighted by molar-refractivity contribution is 6.37. The Bertz CT molecular complexity index is 433. The molecule has 1 saturated heterocycles. The maximum Gasteiger partial charge on any atom is 0.226 e. The van der Waals surface area contributed by atoms with Gasteiger partial charge in [-0.25, -0.2) is 0 Å². The summed E-state index contributed by atoms with van der Waals surface area (Å²) in [5.74, 6) is -0.0416. The first-order valence-corrected chi connectivity index (χ1v) is 6.78. The number of hydrogen-bond acceptors (Lipinski definition) is 2. The van der Waals surface area contributed by atoms with Crippen molar-refractivity contribution in [3.05, 3.63) is 27.7 Å². The van der Waals surface area contributed by atoms with Crippen LogP contribution in [0.3, 0.4) is 0 Å². The van der Waals surface area contributed by atoms with Crippen molar-refractivity contribution in [2.75, 3.05) is 13.1 Å². The molecule has 0 atom stereocenters. The Labute approximate surface area is 116 Å². The molecule has 1 aromatic carbocycles. The first-order chi connectivity index (χ1) is 8.58. The van der Waals surface area contributed by atoms with E-state index in [9.17, 15) is 9.90 Å². The van der Waals surface area contributed by atoms with E-state index in [0.717, 1.165) is 31.5 Å². The molecule has 1 fully saturated rings. The second kappa shape index (κ2) is 5.81. The predicted molar refractivity (Wildman–Crippen MR) is 72.3 cm³/mol. The fourth-order valence-corrected chi connectivity index (χ4v) is 2.68. The lowest BCUT2D eigenvalue weighted by molar-refractivity contribution is -0.131. The van der Waals surface area contributed by atoms with E-state index < -0.39 is 0 Å². The molecule has 0 aliphatic carbocycles. The van der Waals surface area contributed by atoms with E-state index in [1.54, 1.807) is 12.1 Å². The van der Waals surface area contributed by atoms with Gasteiger partial charge in [0, 0.05) is 13.1 Å². The molecule has 0 saturated carbocycles. The maximum absolute atomic E-state index is 12.1. The van der Waals surface area contributed by atoms with Gasteiger partial charge in [0.15, 0.2) is 5.75 Å². The summed E-state index contributed by atoms with van der Waals surface area (Å²) < 4.78 is 0. The van der Waals surface area contributed by atoms with Gasteiger partial charge in [-0.1, -0.05) is 23.2 Å². The van der Waals surface area contributed by atoms with E-state index in [1.165, 1.54) is 6.42 Å². The Morgan fingerprint density at radius 2 is 1.72 bits per heavy atom. The van der Waals surface area contributed by atoms with Crippen LogP contribution in [0.1, 0.15) is 24.8 Å². The SMILES string of the molecule is O=C(Cc1cc(Cl)c(O)c(Cl)c1)N1CCCCC1. The predicted octanol–water partition coefficient (Wildman–Crippen LogP) is 3.25. The zero-order chi connectivity index (χ0) is 13.1. The molecule has 0 bridgehead atoms. The third-order valence-electron chi connectivity index (χ3n) is 3.14. The van der Waals surface area contributed by atoms with Crippen molar-refractivity contribution in [1.82, 2.24) is 4.90 Å². The van der Waals surface area contributed by atoms with Crippen LogP contribution in [-0.2, 0) is 11.2 Å². The summed E-state index contributed by atoms with van der Waals surface area (Å²) in [6.07, 6.45) is 3.62. The molecule has 98 valence electrons. The Kier molecular flexibility index (Phi) is 4.36. The smallest absolute Gasteiger partial charge is 0.226 e. The highest BCUT2D eigenvalue weighted by atomic mass is 35.5. The second-order valence-corrected chi connectivity index (χ2v) is 5.34. The minimum absolute atomic E-state index is 0.0903. The van der Waals surface area contributed by atoms with Gasteiger partial charge in [0.25, 0.3) is 0 Å². The van der Waals surface area contributed by atoms with Crippen LogP contribution >= 0.6 is 23.2 Å². The maximum atomic E-state index is 12.1. The normalized spacial score (nSPS) is 15.8. The fraction of sp³-hybridized carbons (Fsp3) is 0.462. The molecule has 0 aromatic heterocycles. The molecular formula is C13H15Cl2NO2. The average Bonchev–Trinajstić information content (AvgIpc) is 2.37. The zero-order valence-corrected chi connectivity index (χ0v) is 11.5. The summed E-state index contributed by atoms with van der Waals surface area (Å²) >= 11 is 11.7. The number of carbonyl (C=O) groups excluding carboxylic acids is 1. The number of phenols is 1. The third kappa shape index (κ3) is 3.09. The number of benzene rings is 1. The molecular weight excluding hydrogens is 273 g/mol. The quantitative estimate of drug-likeness (QED) is 0.907. The molecule has 5 heteroatoms. The lowest BCUT2D eigenvalue weighted by Crippen LogP contribution is -2.36. The molecule has 1 aromatic rings. The van der Waals surface area contributed by atoms with Gasteiger partial charge in [-0.2, -0.15) is 0 Å². The van der Waals surface area contributed by atoms with E-state index in [4.69, 9.17) is 23.2 Å². The van der Waals surface area contributed by atoms with E-state index in [2.05, 4.69) is 0 Å². The van der Waals surface area contributed by atoms with E-state index in [0.29, 0.717) is 0 Å². The summed E-state index contributed by atoms with van der Waals surface area (Å²) in [6, 6.07) is 3.18. The average molecular weight is 288 g/mol. The largest absolute Gasteiger partial charge is 0.505 e. The van der Waals surface area contributed by atoms with Crippen LogP contribution < -0.4 is 0 Å². The number of carbonyl (C=O) groups is 1. The molecule has 1 aliphatic heterocycles. The van der Waals surface area contributed by atoms with E-state index in [1.807, 2.05) is 4.90 Å². The molecule has 1 amide bonds. The molecule has 2 rings (SSSR count). The molecule has 0 unspecified atom stereocenters. The Morgan fingerprint density at radius 1 is 1.17 bits per heavy atom. The number of halogens is 2. The van der Waals surface area contributed by atoms with Crippen molar-refractivity contribution in [3.8, 4) is 5.75 Å². The first-order valence-electron chi connectivity index (χ1n) is 6.02.